The van der Waals surface area contributed by atoms with Gasteiger partial charge in [-0.2, -0.15) is 5.10 Å². The molecule has 0 spiro atoms. The Kier molecular flexibility index (Phi) is 3.74. The van der Waals surface area contributed by atoms with Crippen molar-refractivity contribution in [2.24, 2.45) is 5.10 Å². The van der Waals surface area contributed by atoms with E-state index in [9.17, 15) is 10.1 Å². The highest BCUT2D eigenvalue weighted by atomic mass is 16.6. The molecule has 0 saturated carbocycles. The number of imidazole rings is 1. The smallest absolute Gasteiger partial charge is 0.258 e. The number of para-hydroxylation sites is 3. The summed E-state index contributed by atoms with van der Waals surface area (Å²) in [6.07, 6.45) is 6.52. The number of hydrogen-bond donors (Lipinski definition) is 0. The molecule has 0 aliphatic rings. The molecule has 6 heteroatoms. The number of rotatable bonds is 4. The molecule has 3 rings (SSSR count). The standard InChI is InChI=1S/C16H12N4O2/c21-20(22)15-9-3-1-6-13(15)7-5-11-18-19-12-17-14-8-2-4-10-16(14)19/h1-12H/b7-5+,18-11-. The molecule has 0 bridgehead atoms. The highest BCUT2D eigenvalue weighted by Crippen LogP contribution is 2.18. The Bertz CT molecular complexity index is 880. The Hall–Kier alpha value is -3.28. The molecule has 0 radical (unpaired) electrons. The predicted molar refractivity (Wildman–Crippen MR) is 85.8 cm³/mol. The van der Waals surface area contributed by atoms with Gasteiger partial charge in [0.15, 0.2) is 0 Å². The summed E-state index contributed by atoms with van der Waals surface area (Å²) >= 11 is 0. The van der Waals surface area contributed by atoms with Crippen LogP contribution in [0.1, 0.15) is 5.56 Å². The number of fused-ring (bicyclic) bond motifs is 1. The number of nitrogens with zero attached hydrogens (tertiary/aromatic N) is 4. The van der Waals surface area contributed by atoms with Crippen LogP contribution in [0.4, 0.5) is 5.69 Å². The molecule has 1 heterocycles. The minimum atomic E-state index is -0.403. The number of allylic oxidation sites excluding steroid dienone is 1. The number of nitro groups is 1. The molecule has 0 saturated heterocycles. The lowest BCUT2D eigenvalue weighted by Gasteiger charge is -1.95. The van der Waals surface area contributed by atoms with Gasteiger partial charge in [0.25, 0.3) is 5.69 Å². The molecule has 0 fully saturated rings. The Balaban J connectivity index is 1.81. The van der Waals surface area contributed by atoms with Gasteiger partial charge in [0.2, 0.25) is 0 Å². The molecule has 2 aromatic carbocycles. The third-order valence-corrected chi connectivity index (χ3v) is 3.12. The van der Waals surface area contributed by atoms with Gasteiger partial charge in [-0.15, -0.1) is 0 Å². The first kappa shape index (κ1) is 13.7. The lowest BCUT2D eigenvalue weighted by Crippen LogP contribution is -1.90. The zero-order valence-electron chi connectivity index (χ0n) is 11.5. The molecule has 0 aliphatic carbocycles. The van der Waals surface area contributed by atoms with Gasteiger partial charge in [-0.3, -0.25) is 10.1 Å². The molecule has 0 aliphatic heterocycles. The number of nitro benzene ring substituents is 1. The van der Waals surface area contributed by atoms with Gasteiger partial charge in [0, 0.05) is 12.3 Å². The third kappa shape index (κ3) is 2.76. The molecular weight excluding hydrogens is 280 g/mol. The van der Waals surface area contributed by atoms with Crippen LogP contribution in [0, 0.1) is 10.1 Å². The van der Waals surface area contributed by atoms with Crippen LogP contribution in [0.15, 0.2) is 66.0 Å². The van der Waals surface area contributed by atoms with Gasteiger partial charge < -0.3 is 0 Å². The van der Waals surface area contributed by atoms with E-state index in [1.165, 1.54) is 6.07 Å². The quantitative estimate of drug-likeness (QED) is 0.419. The molecule has 1 aromatic heterocycles. The van der Waals surface area contributed by atoms with Crippen LogP contribution in [0.2, 0.25) is 0 Å². The molecule has 108 valence electrons. The van der Waals surface area contributed by atoms with Crippen molar-refractivity contribution in [3.63, 3.8) is 0 Å². The summed E-state index contributed by atoms with van der Waals surface area (Å²) < 4.78 is 1.65. The Labute approximate surface area is 126 Å². The van der Waals surface area contributed by atoms with E-state index >= 15 is 0 Å². The van der Waals surface area contributed by atoms with E-state index in [0.717, 1.165) is 11.0 Å². The zero-order valence-corrected chi connectivity index (χ0v) is 11.5. The second-order valence-electron chi connectivity index (χ2n) is 4.52. The summed E-state index contributed by atoms with van der Waals surface area (Å²) in [6.45, 7) is 0. The molecule has 3 aromatic rings. The van der Waals surface area contributed by atoms with Crippen LogP contribution in [0.25, 0.3) is 17.1 Å². The van der Waals surface area contributed by atoms with Crippen LogP contribution in [0.3, 0.4) is 0 Å². The predicted octanol–water partition coefficient (Wildman–Crippen LogP) is 3.49. The van der Waals surface area contributed by atoms with Crippen LogP contribution in [-0.2, 0) is 0 Å². The van der Waals surface area contributed by atoms with Crippen LogP contribution in [-0.4, -0.2) is 20.8 Å². The average Bonchev–Trinajstić information content (AvgIpc) is 2.95. The Morgan fingerprint density at radius 2 is 1.91 bits per heavy atom. The molecular formula is C16H12N4O2. The fourth-order valence-corrected chi connectivity index (χ4v) is 2.09. The fourth-order valence-electron chi connectivity index (χ4n) is 2.09. The lowest BCUT2D eigenvalue weighted by atomic mass is 10.2. The number of benzene rings is 2. The maximum absolute atomic E-state index is 10.9. The molecule has 0 N–H and O–H groups in total. The number of aromatic nitrogens is 2. The highest BCUT2D eigenvalue weighted by Gasteiger charge is 2.08. The van der Waals surface area contributed by atoms with E-state index in [1.54, 1.807) is 47.6 Å². The topological polar surface area (TPSA) is 73.3 Å². The van der Waals surface area contributed by atoms with E-state index in [-0.39, 0.29) is 5.69 Å². The molecule has 0 unspecified atom stereocenters. The molecule has 0 atom stereocenters. The van der Waals surface area contributed by atoms with Crippen molar-refractivity contribution >= 4 is 29.0 Å². The monoisotopic (exact) mass is 292 g/mol. The third-order valence-electron chi connectivity index (χ3n) is 3.12. The summed E-state index contributed by atoms with van der Waals surface area (Å²) in [5, 5.41) is 15.2. The average molecular weight is 292 g/mol. The van der Waals surface area contributed by atoms with Crippen molar-refractivity contribution in [2.45, 2.75) is 0 Å². The first-order valence-corrected chi connectivity index (χ1v) is 6.62. The summed E-state index contributed by atoms with van der Waals surface area (Å²) in [7, 11) is 0. The first-order chi connectivity index (χ1) is 10.8. The first-order valence-electron chi connectivity index (χ1n) is 6.62. The second-order valence-corrected chi connectivity index (χ2v) is 4.52. The largest absolute Gasteiger partial charge is 0.276 e. The normalized spacial score (nSPS) is 11.6. The summed E-state index contributed by atoms with van der Waals surface area (Å²) in [5.41, 5.74) is 2.37. The van der Waals surface area contributed by atoms with E-state index in [0.29, 0.717) is 5.56 Å². The lowest BCUT2D eigenvalue weighted by molar-refractivity contribution is -0.385. The molecule has 6 nitrogen and oxygen atoms in total. The van der Waals surface area contributed by atoms with E-state index < -0.39 is 4.92 Å². The fraction of sp³-hybridized carbons (Fsp3) is 0. The highest BCUT2D eigenvalue weighted by molar-refractivity contribution is 5.81. The minimum absolute atomic E-state index is 0.0697. The van der Waals surface area contributed by atoms with E-state index in [1.807, 2.05) is 24.3 Å². The Morgan fingerprint density at radius 3 is 2.77 bits per heavy atom. The SMILES string of the molecule is O=[N+]([O-])c1ccccc1/C=C/C=N\n1cnc2ccccc21. The maximum atomic E-state index is 10.9. The summed E-state index contributed by atoms with van der Waals surface area (Å²) in [6, 6.07) is 14.2. The minimum Gasteiger partial charge on any atom is -0.258 e. The van der Waals surface area contributed by atoms with Gasteiger partial charge in [0.1, 0.15) is 6.33 Å². The summed E-state index contributed by atoms with van der Waals surface area (Å²) in [4.78, 5) is 14.7. The second kappa shape index (κ2) is 6.01. The van der Waals surface area contributed by atoms with Crippen molar-refractivity contribution in [3.05, 3.63) is 76.6 Å². The van der Waals surface area contributed by atoms with Crippen molar-refractivity contribution < 1.29 is 4.92 Å². The molecule has 22 heavy (non-hydrogen) atoms. The summed E-state index contributed by atoms with van der Waals surface area (Å²) in [5.74, 6) is 0. The van der Waals surface area contributed by atoms with Crippen molar-refractivity contribution in [1.29, 1.82) is 0 Å². The van der Waals surface area contributed by atoms with Crippen LogP contribution >= 0.6 is 0 Å². The van der Waals surface area contributed by atoms with Crippen molar-refractivity contribution in [3.8, 4) is 0 Å². The van der Waals surface area contributed by atoms with E-state index in [4.69, 9.17) is 0 Å². The van der Waals surface area contributed by atoms with Gasteiger partial charge in [0.05, 0.1) is 21.5 Å². The van der Waals surface area contributed by atoms with Crippen LogP contribution in [0.5, 0.6) is 0 Å². The van der Waals surface area contributed by atoms with Gasteiger partial charge in [-0.05, 0) is 30.4 Å². The van der Waals surface area contributed by atoms with Gasteiger partial charge in [-0.1, -0.05) is 24.3 Å². The van der Waals surface area contributed by atoms with Crippen LogP contribution < -0.4 is 0 Å². The van der Waals surface area contributed by atoms with E-state index in [2.05, 4.69) is 10.1 Å². The maximum Gasteiger partial charge on any atom is 0.276 e. The van der Waals surface area contributed by atoms with Crippen molar-refractivity contribution in [1.82, 2.24) is 9.66 Å². The van der Waals surface area contributed by atoms with Gasteiger partial charge >= 0.3 is 0 Å². The zero-order chi connectivity index (χ0) is 15.4. The van der Waals surface area contributed by atoms with Crippen molar-refractivity contribution in [2.75, 3.05) is 0 Å². The Morgan fingerprint density at radius 1 is 1.14 bits per heavy atom. The number of hydrogen-bond acceptors (Lipinski definition) is 4. The van der Waals surface area contributed by atoms with Gasteiger partial charge in [-0.25, -0.2) is 9.66 Å². The molecule has 0 amide bonds.